The van der Waals surface area contributed by atoms with Crippen molar-refractivity contribution in [3.8, 4) is 0 Å². The Hall–Kier alpha value is 0.310. The fourth-order valence-corrected chi connectivity index (χ4v) is 30.8. The summed E-state index contributed by atoms with van der Waals surface area (Å²) in [7, 11) is 36.8. The van der Waals surface area contributed by atoms with Crippen LogP contribution in [-0.2, 0) is 12.6 Å². The molecule has 0 aliphatic heterocycles. The van der Waals surface area contributed by atoms with Crippen LogP contribution < -0.4 is 0 Å². The summed E-state index contributed by atoms with van der Waals surface area (Å²) < 4.78 is 51.2. The van der Waals surface area contributed by atoms with Gasteiger partial charge < -0.3 is 12.6 Å². The van der Waals surface area contributed by atoms with E-state index in [0.717, 1.165) is 4.90 Å². The summed E-state index contributed by atoms with van der Waals surface area (Å²) in [6.07, 6.45) is 0. The smallest absolute Gasteiger partial charge is 0.502 e. The van der Waals surface area contributed by atoms with Crippen molar-refractivity contribution in [3.05, 3.63) is 30.3 Å². The van der Waals surface area contributed by atoms with E-state index in [1.807, 2.05) is 30.3 Å². The van der Waals surface area contributed by atoms with Crippen LogP contribution in [0.3, 0.4) is 0 Å². The monoisotopic (exact) mass is 848 g/mol. The van der Waals surface area contributed by atoms with Crippen LogP contribution in [-0.4, -0.2) is 225 Å². The molecule has 16 nitrogen and oxygen atoms in total. The highest BCUT2D eigenvalue weighted by Gasteiger charge is 2.56. The number of hydrogen-bond donors (Lipinski definition) is 0. The topological polar surface area (TPSA) is 88.3 Å². The molecule has 0 fully saturated rings. The molecule has 1 aromatic carbocycles. The first-order chi connectivity index (χ1) is 23.5. The summed E-state index contributed by atoms with van der Waals surface area (Å²) in [5.74, 6) is 0. The standard InChI is InChI=1S/C24H72N16P5.C6H6S/c1-29(2)42(30(3)4,31(5)6)25-41(26-43(32(7)8,33(9)10)34(11)12,27-44(35(13)14,36(15)16)37(17)18)28-45(38(19)20,39(21)22)40(23)24;7-6-4-2-1-3-5-6/h1-24H3;1-5,7H/q+1;/p-1. The van der Waals surface area contributed by atoms with Gasteiger partial charge >= 0.3 is 7.87 Å². The molecule has 22 heteroatoms. The summed E-state index contributed by atoms with van der Waals surface area (Å²) in [4.78, 5) is 0.905. The van der Waals surface area contributed by atoms with E-state index >= 15 is 0 Å². The maximum Gasteiger partial charge on any atom is 0.502 e. The van der Waals surface area contributed by atoms with E-state index in [2.05, 4.69) is 225 Å². The molecular weight excluding hydrogens is 771 g/mol. The Morgan fingerprint density at radius 1 is 0.327 bits per heavy atom. The lowest BCUT2D eigenvalue weighted by Crippen LogP contribution is -2.33. The van der Waals surface area contributed by atoms with Gasteiger partial charge in [0.15, 0.2) is 0 Å². The molecule has 0 atom stereocenters. The summed E-state index contributed by atoms with van der Waals surface area (Å²) in [5.41, 5.74) is 0. The van der Waals surface area contributed by atoms with E-state index < -0.39 is 37.9 Å². The minimum absolute atomic E-state index is 0.905. The first-order valence-electron chi connectivity index (χ1n) is 16.8. The third-order valence-electron chi connectivity index (χ3n) is 8.14. The zero-order chi connectivity index (χ0) is 41.4. The van der Waals surface area contributed by atoms with Crippen LogP contribution in [0, 0.1) is 0 Å². The first kappa shape index (κ1) is 52.3. The Labute approximate surface area is 327 Å². The molecule has 52 heavy (non-hydrogen) atoms. The molecule has 0 bridgehead atoms. The van der Waals surface area contributed by atoms with Crippen LogP contribution in [0.1, 0.15) is 0 Å². The van der Waals surface area contributed by atoms with Gasteiger partial charge in [-0.15, -0.1) is 0 Å². The van der Waals surface area contributed by atoms with Gasteiger partial charge in [0.25, 0.3) is 0 Å². The van der Waals surface area contributed by atoms with Crippen LogP contribution in [0.5, 0.6) is 0 Å². The highest BCUT2D eigenvalue weighted by molar-refractivity contribution is 7.88. The maximum absolute atomic E-state index is 6.08. The second kappa shape index (κ2) is 21.2. The molecule has 1 aromatic rings. The summed E-state index contributed by atoms with van der Waals surface area (Å²) in [6.45, 7) is 0. The molecule has 308 valence electrons. The van der Waals surface area contributed by atoms with Crippen molar-refractivity contribution in [3.63, 3.8) is 0 Å². The van der Waals surface area contributed by atoms with E-state index in [1.165, 1.54) is 0 Å². The Bertz CT molecular complexity index is 1160. The zero-order valence-corrected chi connectivity index (χ0v) is 42.5. The molecular formula is C30H77N16P5S. The van der Waals surface area contributed by atoms with Gasteiger partial charge in [-0.05, 0) is 187 Å². The Balaban J connectivity index is 0.00000329. The van der Waals surface area contributed by atoms with Gasteiger partial charge in [0.1, 0.15) is 0 Å². The van der Waals surface area contributed by atoms with Crippen LogP contribution in [0.4, 0.5) is 0 Å². The average Bonchev–Trinajstić information content (AvgIpc) is 2.98. The van der Waals surface area contributed by atoms with Crippen LogP contribution in [0.15, 0.2) is 53.3 Å². The van der Waals surface area contributed by atoms with E-state index in [9.17, 15) is 0 Å². The van der Waals surface area contributed by atoms with Crippen molar-refractivity contribution in [2.75, 3.05) is 169 Å². The van der Waals surface area contributed by atoms with Gasteiger partial charge in [-0.25, -0.2) is 56.0 Å². The second-order valence-corrected chi connectivity index (χ2v) is 32.8. The molecule has 0 unspecified atom stereocenters. The van der Waals surface area contributed by atoms with Crippen molar-refractivity contribution in [1.82, 2.24) is 56.0 Å². The zero-order valence-electron chi connectivity index (χ0n) is 37.2. The largest absolute Gasteiger partial charge is 0.780 e. The normalized spacial score (nSPS) is 14.0. The van der Waals surface area contributed by atoms with Crippen molar-refractivity contribution in [1.29, 1.82) is 0 Å². The molecule has 0 amide bonds. The molecule has 1 rings (SSSR count). The molecule has 0 heterocycles. The Morgan fingerprint density at radius 2 is 0.481 bits per heavy atom. The molecule has 0 spiro atoms. The predicted molar refractivity (Wildman–Crippen MR) is 241 cm³/mol. The van der Waals surface area contributed by atoms with Crippen molar-refractivity contribution in [2.45, 2.75) is 4.90 Å². The highest BCUT2D eigenvalue weighted by atomic mass is 32.1. The number of hydrogen-bond acceptors (Lipinski definition) is 5. The SMILES string of the molecule is CN(C)P(=N[P+](N=P(N(C)C)(N(C)C)N(C)C)(N=P(N(C)C)(N(C)C)N(C)C)N=P(N(C)C)(N(C)C)N(C)C)(N(C)C)N(C)C.[S-]c1ccccc1. The molecule has 0 saturated heterocycles. The molecule has 0 aromatic heterocycles. The van der Waals surface area contributed by atoms with E-state index in [-0.39, 0.29) is 0 Å². The Morgan fingerprint density at radius 3 is 0.577 bits per heavy atom. The molecule has 0 saturated carbocycles. The molecule has 0 aliphatic rings. The fourth-order valence-electron chi connectivity index (χ4n) is 6.43. The van der Waals surface area contributed by atoms with Gasteiger partial charge in [-0.3, -0.25) is 0 Å². The van der Waals surface area contributed by atoms with E-state index in [0.29, 0.717) is 0 Å². The van der Waals surface area contributed by atoms with Crippen molar-refractivity contribution < 1.29 is 0 Å². The van der Waals surface area contributed by atoms with Crippen LogP contribution in [0.2, 0.25) is 0 Å². The lowest BCUT2D eigenvalue weighted by Gasteiger charge is -2.44. The van der Waals surface area contributed by atoms with Crippen molar-refractivity contribution >= 4 is 50.5 Å². The fraction of sp³-hybridized carbons (Fsp3) is 0.800. The van der Waals surface area contributed by atoms with Gasteiger partial charge in [0.05, 0.1) is 0 Å². The van der Waals surface area contributed by atoms with E-state index in [1.54, 1.807) is 0 Å². The van der Waals surface area contributed by atoms with Crippen LogP contribution >= 0.6 is 37.9 Å². The van der Waals surface area contributed by atoms with Gasteiger partial charge in [0, 0.05) is 0 Å². The third-order valence-corrected chi connectivity index (χ3v) is 29.0. The van der Waals surface area contributed by atoms with Gasteiger partial charge in [-0.1, -0.05) is 30.3 Å². The number of nitrogens with zero attached hydrogens (tertiary/aromatic N) is 16. The molecule has 0 aliphatic carbocycles. The third kappa shape index (κ3) is 11.2. The average molecular weight is 849 g/mol. The quantitative estimate of drug-likeness (QED) is 0.130. The minimum Gasteiger partial charge on any atom is -0.780 e. The predicted octanol–water partition coefficient (Wildman–Crippen LogP) is 6.78. The molecule has 0 N–H and O–H groups in total. The Kier molecular flexibility index (Phi) is 21.3. The summed E-state index contributed by atoms with van der Waals surface area (Å²) >= 11 is 4.81. The lowest BCUT2D eigenvalue weighted by molar-refractivity contribution is 0.470. The van der Waals surface area contributed by atoms with Gasteiger partial charge in [-0.2, -0.15) is 4.90 Å². The number of rotatable bonds is 16. The van der Waals surface area contributed by atoms with Crippen molar-refractivity contribution in [2.24, 2.45) is 18.1 Å². The maximum atomic E-state index is 6.08. The van der Waals surface area contributed by atoms with E-state index in [4.69, 9.17) is 30.7 Å². The minimum atomic E-state index is -3.43. The second-order valence-electron chi connectivity index (χ2n) is 14.5. The lowest BCUT2D eigenvalue weighted by atomic mass is 10.4. The first-order valence-corrected chi connectivity index (χ1v) is 25.3. The van der Waals surface area contributed by atoms with Crippen LogP contribution in [0.25, 0.3) is 0 Å². The highest BCUT2D eigenvalue weighted by Crippen LogP contribution is 2.86. The summed E-state index contributed by atoms with van der Waals surface area (Å²) in [5, 5.41) is 0. The van der Waals surface area contributed by atoms with Gasteiger partial charge in [0.2, 0.25) is 30.0 Å². The number of benzene rings is 1. The summed E-state index contributed by atoms with van der Waals surface area (Å²) in [6, 6.07) is 9.62. The molecule has 0 radical (unpaired) electrons.